The average Bonchev–Trinajstić information content (AvgIpc) is 2.72. The van der Waals surface area contributed by atoms with Gasteiger partial charge in [0.2, 0.25) is 0 Å². The summed E-state index contributed by atoms with van der Waals surface area (Å²) in [6.07, 6.45) is -1.49. The van der Waals surface area contributed by atoms with Crippen molar-refractivity contribution in [1.82, 2.24) is 10.3 Å². The maximum atomic E-state index is 13.5. The number of anilines is 2. The Hall–Kier alpha value is -2.72. The molecule has 0 unspecified atom stereocenters. The molecule has 0 aliphatic rings. The molecule has 0 aliphatic carbocycles. The molecule has 0 bridgehead atoms. The molecule has 5 nitrogen and oxygen atoms in total. The third kappa shape index (κ3) is 6.14. The van der Waals surface area contributed by atoms with Crippen LogP contribution in [-0.4, -0.2) is 11.0 Å². The third-order valence-corrected chi connectivity index (χ3v) is 5.73. The van der Waals surface area contributed by atoms with Gasteiger partial charge in [-0.25, -0.2) is 4.79 Å². The normalized spacial score (nSPS) is 11.1. The van der Waals surface area contributed by atoms with Gasteiger partial charge in [0.1, 0.15) is 0 Å². The van der Waals surface area contributed by atoms with Crippen LogP contribution in [0.15, 0.2) is 76.4 Å². The molecular weight excluding hydrogens is 481 g/mol. The maximum absolute atomic E-state index is 13.5. The van der Waals surface area contributed by atoms with Crippen molar-refractivity contribution in [2.75, 3.05) is 10.0 Å². The van der Waals surface area contributed by atoms with Gasteiger partial charge in [-0.3, -0.25) is 4.98 Å². The number of benzene rings is 2. The van der Waals surface area contributed by atoms with Crippen LogP contribution >= 0.6 is 27.9 Å². The first-order chi connectivity index (χ1) is 14.3. The summed E-state index contributed by atoms with van der Waals surface area (Å²) in [4.78, 5) is 16.8. The molecule has 0 radical (unpaired) electrons. The predicted molar refractivity (Wildman–Crippen MR) is 115 cm³/mol. The van der Waals surface area contributed by atoms with Crippen LogP contribution in [-0.2, 0) is 12.7 Å². The molecule has 0 atom stereocenters. The maximum Gasteiger partial charge on any atom is 0.418 e. The molecule has 0 fully saturated rings. The van der Waals surface area contributed by atoms with Crippen molar-refractivity contribution in [2.24, 2.45) is 0 Å². The van der Waals surface area contributed by atoms with Gasteiger partial charge >= 0.3 is 12.2 Å². The van der Waals surface area contributed by atoms with Crippen molar-refractivity contribution in [3.63, 3.8) is 0 Å². The first kappa shape index (κ1) is 22.0. The lowest BCUT2D eigenvalue weighted by molar-refractivity contribution is -0.136. The highest BCUT2D eigenvalue weighted by Crippen LogP contribution is 2.38. The van der Waals surface area contributed by atoms with E-state index in [9.17, 15) is 18.0 Å². The topological polar surface area (TPSA) is 66.0 Å². The summed E-state index contributed by atoms with van der Waals surface area (Å²) >= 11 is 4.56. The quantitative estimate of drug-likeness (QED) is 0.350. The Morgan fingerprint density at radius 2 is 1.90 bits per heavy atom. The second-order valence-corrected chi connectivity index (χ2v) is 7.76. The van der Waals surface area contributed by atoms with E-state index in [0.29, 0.717) is 0 Å². The van der Waals surface area contributed by atoms with Gasteiger partial charge in [0.05, 0.1) is 11.3 Å². The van der Waals surface area contributed by atoms with Crippen molar-refractivity contribution in [2.45, 2.75) is 17.6 Å². The standard InChI is InChI=1S/C20H16BrF3N4OS/c21-16-5-1-2-6-18(16)30-28-14-7-8-17(15(10-14)20(22,23)24)27-19(29)26-12-13-4-3-9-25-11-13/h1-11,28H,12H2,(H2,26,27,29). The Morgan fingerprint density at radius 3 is 2.60 bits per heavy atom. The van der Waals surface area contributed by atoms with Crippen molar-refractivity contribution >= 4 is 45.3 Å². The van der Waals surface area contributed by atoms with E-state index in [1.807, 2.05) is 24.3 Å². The van der Waals surface area contributed by atoms with Gasteiger partial charge in [0.25, 0.3) is 0 Å². The molecule has 0 saturated carbocycles. The van der Waals surface area contributed by atoms with Crippen LogP contribution in [0.5, 0.6) is 0 Å². The van der Waals surface area contributed by atoms with E-state index in [-0.39, 0.29) is 17.9 Å². The molecule has 3 N–H and O–H groups in total. The first-order valence-corrected chi connectivity index (χ1v) is 10.3. The van der Waals surface area contributed by atoms with Crippen LogP contribution in [0, 0.1) is 0 Å². The molecule has 1 aromatic heterocycles. The molecule has 30 heavy (non-hydrogen) atoms. The van der Waals surface area contributed by atoms with E-state index < -0.39 is 17.8 Å². The minimum absolute atomic E-state index is 0.142. The van der Waals surface area contributed by atoms with E-state index in [2.05, 4.69) is 36.3 Å². The second-order valence-electron chi connectivity index (χ2n) is 6.06. The van der Waals surface area contributed by atoms with Crippen LogP contribution in [0.2, 0.25) is 0 Å². The van der Waals surface area contributed by atoms with Crippen LogP contribution in [0.25, 0.3) is 0 Å². The number of pyridine rings is 1. The van der Waals surface area contributed by atoms with Gasteiger partial charge < -0.3 is 15.4 Å². The predicted octanol–water partition coefficient (Wildman–Crippen LogP) is 6.30. The summed E-state index contributed by atoms with van der Waals surface area (Å²) < 4.78 is 44.3. The zero-order chi connectivity index (χ0) is 21.6. The summed E-state index contributed by atoms with van der Waals surface area (Å²) in [6, 6.07) is 13.7. The summed E-state index contributed by atoms with van der Waals surface area (Å²) in [6.45, 7) is 0.142. The van der Waals surface area contributed by atoms with Crippen LogP contribution < -0.4 is 15.4 Å². The number of hydrogen-bond acceptors (Lipinski definition) is 4. The lowest BCUT2D eigenvalue weighted by Crippen LogP contribution is -2.29. The van der Waals surface area contributed by atoms with E-state index in [1.54, 1.807) is 24.5 Å². The number of carbonyl (C=O) groups excluding carboxylic acids is 1. The van der Waals surface area contributed by atoms with Gasteiger partial charge in [-0.05, 0) is 69.8 Å². The van der Waals surface area contributed by atoms with Gasteiger partial charge in [-0.15, -0.1) is 0 Å². The zero-order valence-electron chi connectivity index (χ0n) is 15.3. The molecule has 2 amide bonds. The SMILES string of the molecule is O=C(NCc1cccnc1)Nc1ccc(NSc2ccccc2Br)cc1C(F)(F)F. The number of carbonyl (C=O) groups is 1. The van der Waals surface area contributed by atoms with Crippen LogP contribution in [0.3, 0.4) is 0 Å². The van der Waals surface area contributed by atoms with Gasteiger partial charge in [-0.2, -0.15) is 13.2 Å². The molecule has 3 rings (SSSR count). The largest absolute Gasteiger partial charge is 0.418 e. The molecule has 0 aliphatic heterocycles. The molecule has 1 heterocycles. The van der Waals surface area contributed by atoms with Crippen molar-refractivity contribution in [3.8, 4) is 0 Å². The summed E-state index contributed by atoms with van der Waals surface area (Å²) in [5, 5.41) is 4.78. The minimum atomic E-state index is -4.64. The minimum Gasteiger partial charge on any atom is -0.334 e. The van der Waals surface area contributed by atoms with Crippen LogP contribution in [0.1, 0.15) is 11.1 Å². The van der Waals surface area contributed by atoms with E-state index in [1.165, 1.54) is 24.1 Å². The Morgan fingerprint density at radius 1 is 1.10 bits per heavy atom. The number of aromatic nitrogens is 1. The van der Waals surface area contributed by atoms with E-state index >= 15 is 0 Å². The number of nitrogens with zero attached hydrogens (tertiary/aromatic N) is 1. The molecular formula is C20H16BrF3N4OS. The smallest absolute Gasteiger partial charge is 0.334 e. The highest BCUT2D eigenvalue weighted by Gasteiger charge is 2.34. The summed E-state index contributed by atoms with van der Waals surface area (Å²) in [5.74, 6) is 0. The van der Waals surface area contributed by atoms with Crippen molar-refractivity contribution in [3.05, 3.63) is 82.6 Å². The van der Waals surface area contributed by atoms with Gasteiger partial charge in [-0.1, -0.05) is 18.2 Å². The number of nitrogens with one attached hydrogen (secondary N) is 3. The lowest BCUT2D eigenvalue weighted by atomic mass is 10.1. The highest BCUT2D eigenvalue weighted by molar-refractivity contribution is 9.10. The number of halogens is 4. The first-order valence-electron chi connectivity index (χ1n) is 8.65. The molecule has 0 spiro atoms. The molecule has 156 valence electrons. The fourth-order valence-corrected chi connectivity index (χ4v) is 3.64. The fraction of sp³-hybridized carbons (Fsp3) is 0.100. The molecule has 10 heteroatoms. The molecule has 0 saturated heterocycles. The number of alkyl halides is 3. The average molecular weight is 497 g/mol. The third-order valence-electron chi connectivity index (χ3n) is 3.86. The van der Waals surface area contributed by atoms with Crippen molar-refractivity contribution < 1.29 is 18.0 Å². The Balaban J connectivity index is 1.69. The van der Waals surface area contributed by atoms with Crippen LogP contribution in [0.4, 0.5) is 29.3 Å². The molecule has 3 aromatic rings. The van der Waals surface area contributed by atoms with Gasteiger partial charge in [0, 0.05) is 34.0 Å². The van der Waals surface area contributed by atoms with E-state index in [0.717, 1.165) is 21.0 Å². The lowest BCUT2D eigenvalue weighted by Gasteiger charge is -2.16. The van der Waals surface area contributed by atoms with E-state index in [4.69, 9.17) is 0 Å². The fourth-order valence-electron chi connectivity index (χ4n) is 2.44. The number of urea groups is 1. The Labute approximate surface area is 183 Å². The number of hydrogen-bond donors (Lipinski definition) is 3. The molecule has 2 aromatic carbocycles. The Kier molecular flexibility index (Phi) is 7.22. The zero-order valence-corrected chi connectivity index (χ0v) is 17.7. The number of amides is 2. The second kappa shape index (κ2) is 9.86. The van der Waals surface area contributed by atoms with Gasteiger partial charge in [0.15, 0.2) is 0 Å². The Bertz CT molecular complexity index is 1020. The summed E-state index contributed by atoms with van der Waals surface area (Å²) in [5.41, 5.74) is -0.295. The summed E-state index contributed by atoms with van der Waals surface area (Å²) in [7, 11) is 0. The van der Waals surface area contributed by atoms with Crippen molar-refractivity contribution in [1.29, 1.82) is 0 Å². The number of rotatable bonds is 6. The monoisotopic (exact) mass is 496 g/mol. The highest BCUT2D eigenvalue weighted by atomic mass is 79.9.